The molecule has 1 aromatic heterocycles. The van der Waals surface area contributed by atoms with Gasteiger partial charge in [-0.3, -0.25) is 5.43 Å². The average molecular weight is 226 g/mol. The molecule has 0 saturated carbocycles. The predicted molar refractivity (Wildman–Crippen MR) is 62.9 cm³/mol. The van der Waals surface area contributed by atoms with Crippen LogP contribution in [0.2, 0.25) is 0 Å². The van der Waals surface area contributed by atoms with Crippen LogP contribution in [0.4, 0.5) is 5.13 Å². The number of hydrogen-bond acceptors (Lipinski definition) is 5. The smallest absolute Gasteiger partial charge is 0.217 e. The van der Waals surface area contributed by atoms with Gasteiger partial charge in [-0.05, 0) is 33.6 Å². The van der Waals surface area contributed by atoms with Crippen molar-refractivity contribution in [1.29, 1.82) is 0 Å². The van der Waals surface area contributed by atoms with Gasteiger partial charge in [0.1, 0.15) is 5.82 Å². The standard InChI is InChI=1S/C10H18N4S/c1-7-5-4-6-8(2)14(7)12-10-11-9(3)13-15-10/h7-8H,4-6H2,1-3H3,(H,11,12,13). The van der Waals surface area contributed by atoms with Crippen LogP contribution in [0, 0.1) is 6.92 Å². The van der Waals surface area contributed by atoms with Gasteiger partial charge in [0.15, 0.2) is 0 Å². The first-order chi connectivity index (χ1) is 7.16. The summed E-state index contributed by atoms with van der Waals surface area (Å²) in [5.41, 5.74) is 3.38. The fourth-order valence-electron chi connectivity index (χ4n) is 2.09. The van der Waals surface area contributed by atoms with Gasteiger partial charge in [0.05, 0.1) is 0 Å². The third-order valence-corrected chi connectivity index (χ3v) is 3.66. The molecule has 0 radical (unpaired) electrons. The number of nitrogens with one attached hydrogen (secondary N) is 1. The van der Waals surface area contributed by atoms with Crippen LogP contribution in [0.25, 0.3) is 0 Å². The molecule has 2 atom stereocenters. The lowest BCUT2D eigenvalue weighted by Crippen LogP contribution is -2.47. The Hall–Kier alpha value is -0.680. The highest BCUT2D eigenvalue weighted by molar-refractivity contribution is 7.09. The van der Waals surface area contributed by atoms with Crippen LogP contribution in [0.5, 0.6) is 0 Å². The zero-order valence-corrected chi connectivity index (χ0v) is 10.3. The minimum absolute atomic E-state index is 0.581. The van der Waals surface area contributed by atoms with Gasteiger partial charge in [-0.15, -0.1) is 0 Å². The Bertz CT molecular complexity index is 315. The van der Waals surface area contributed by atoms with E-state index in [1.807, 2.05) is 6.92 Å². The molecule has 1 aliphatic rings. The van der Waals surface area contributed by atoms with Crippen LogP contribution >= 0.6 is 11.5 Å². The summed E-state index contributed by atoms with van der Waals surface area (Å²) < 4.78 is 4.17. The topological polar surface area (TPSA) is 41.1 Å². The fourth-order valence-corrected chi connectivity index (χ4v) is 2.67. The van der Waals surface area contributed by atoms with E-state index in [2.05, 4.69) is 33.6 Å². The van der Waals surface area contributed by atoms with Crippen LogP contribution in [-0.2, 0) is 0 Å². The summed E-state index contributed by atoms with van der Waals surface area (Å²) in [6.45, 7) is 6.44. The first-order valence-electron chi connectivity index (χ1n) is 5.52. The Kier molecular flexibility index (Phi) is 3.21. The third kappa shape index (κ3) is 2.46. The van der Waals surface area contributed by atoms with Crippen molar-refractivity contribution in [3.63, 3.8) is 0 Å². The highest BCUT2D eigenvalue weighted by atomic mass is 32.1. The summed E-state index contributed by atoms with van der Waals surface area (Å²) in [6, 6.07) is 1.16. The maximum absolute atomic E-state index is 4.33. The molecule has 15 heavy (non-hydrogen) atoms. The van der Waals surface area contributed by atoms with Gasteiger partial charge in [0, 0.05) is 23.6 Å². The summed E-state index contributed by atoms with van der Waals surface area (Å²) in [7, 11) is 0. The van der Waals surface area contributed by atoms with Crippen molar-refractivity contribution >= 4 is 16.7 Å². The van der Waals surface area contributed by atoms with Crippen molar-refractivity contribution < 1.29 is 0 Å². The minimum Gasteiger partial charge on any atom is -0.293 e. The summed E-state index contributed by atoms with van der Waals surface area (Å²) >= 11 is 1.43. The van der Waals surface area contributed by atoms with E-state index in [0.29, 0.717) is 12.1 Å². The molecule has 1 saturated heterocycles. The van der Waals surface area contributed by atoms with Crippen molar-refractivity contribution in [2.75, 3.05) is 5.43 Å². The predicted octanol–water partition coefficient (Wildman–Crippen LogP) is 2.44. The van der Waals surface area contributed by atoms with Crippen LogP contribution in [0.15, 0.2) is 0 Å². The normalized spacial score (nSPS) is 27.9. The Morgan fingerprint density at radius 3 is 2.53 bits per heavy atom. The van der Waals surface area contributed by atoms with E-state index in [1.54, 1.807) is 0 Å². The van der Waals surface area contributed by atoms with E-state index in [9.17, 15) is 0 Å². The number of hydrogen-bond donors (Lipinski definition) is 1. The lowest BCUT2D eigenvalue weighted by molar-refractivity contribution is 0.135. The van der Waals surface area contributed by atoms with Crippen molar-refractivity contribution in [3.8, 4) is 0 Å². The summed E-state index contributed by atoms with van der Waals surface area (Å²) in [5, 5.41) is 3.22. The summed E-state index contributed by atoms with van der Waals surface area (Å²) in [4.78, 5) is 4.33. The lowest BCUT2D eigenvalue weighted by Gasteiger charge is -2.38. The Morgan fingerprint density at radius 2 is 2.00 bits per heavy atom. The monoisotopic (exact) mass is 226 g/mol. The molecule has 1 aliphatic heterocycles. The molecule has 1 aromatic rings. The SMILES string of the molecule is Cc1nsc(NN2C(C)CCCC2C)n1. The van der Waals surface area contributed by atoms with Gasteiger partial charge in [-0.25, -0.2) is 9.99 Å². The lowest BCUT2D eigenvalue weighted by atomic mass is 10.00. The first-order valence-corrected chi connectivity index (χ1v) is 6.29. The molecule has 5 heteroatoms. The summed E-state index contributed by atoms with van der Waals surface area (Å²) in [5.74, 6) is 0.847. The average Bonchev–Trinajstić information content (AvgIpc) is 2.58. The Balaban J connectivity index is 2.03. The van der Waals surface area contributed by atoms with Gasteiger partial charge in [-0.2, -0.15) is 4.37 Å². The molecule has 1 N–H and O–H groups in total. The van der Waals surface area contributed by atoms with Crippen molar-refractivity contribution in [1.82, 2.24) is 14.4 Å². The van der Waals surface area contributed by atoms with E-state index in [4.69, 9.17) is 0 Å². The second-order valence-electron chi connectivity index (χ2n) is 4.29. The molecule has 2 rings (SSSR count). The van der Waals surface area contributed by atoms with E-state index < -0.39 is 0 Å². The van der Waals surface area contributed by atoms with Crippen LogP contribution in [-0.4, -0.2) is 26.5 Å². The second kappa shape index (κ2) is 4.45. The first kappa shape index (κ1) is 10.8. The Labute approximate surface area is 94.8 Å². The highest BCUT2D eigenvalue weighted by Crippen LogP contribution is 2.23. The van der Waals surface area contributed by atoms with Gasteiger partial charge in [-0.1, -0.05) is 6.42 Å². The third-order valence-electron chi connectivity index (χ3n) is 2.95. The molecule has 0 amide bonds. The van der Waals surface area contributed by atoms with E-state index in [-0.39, 0.29) is 0 Å². The number of anilines is 1. The number of rotatable bonds is 2. The van der Waals surface area contributed by atoms with Gasteiger partial charge < -0.3 is 0 Å². The van der Waals surface area contributed by atoms with E-state index in [1.165, 1.54) is 30.8 Å². The number of hydrazine groups is 1. The molecule has 0 aromatic carbocycles. The number of aryl methyl sites for hydroxylation is 1. The summed E-state index contributed by atoms with van der Waals surface area (Å²) in [6.07, 6.45) is 3.85. The molecule has 2 unspecified atom stereocenters. The molecule has 2 heterocycles. The van der Waals surface area contributed by atoms with Crippen molar-refractivity contribution in [2.45, 2.75) is 52.1 Å². The molecule has 0 spiro atoms. The quantitative estimate of drug-likeness (QED) is 0.841. The van der Waals surface area contributed by atoms with Crippen LogP contribution < -0.4 is 5.43 Å². The fraction of sp³-hybridized carbons (Fsp3) is 0.800. The molecule has 4 nitrogen and oxygen atoms in total. The highest BCUT2D eigenvalue weighted by Gasteiger charge is 2.25. The second-order valence-corrected chi connectivity index (χ2v) is 5.05. The zero-order chi connectivity index (χ0) is 10.8. The van der Waals surface area contributed by atoms with E-state index in [0.717, 1.165) is 11.0 Å². The number of nitrogens with zero attached hydrogens (tertiary/aromatic N) is 3. The maximum atomic E-state index is 4.33. The molecular formula is C10H18N4S. The van der Waals surface area contributed by atoms with Gasteiger partial charge in [0.25, 0.3) is 0 Å². The molecule has 0 aliphatic carbocycles. The molecule has 0 bridgehead atoms. The molecular weight excluding hydrogens is 208 g/mol. The van der Waals surface area contributed by atoms with Crippen LogP contribution in [0.1, 0.15) is 38.9 Å². The zero-order valence-electron chi connectivity index (χ0n) is 9.53. The maximum Gasteiger partial charge on any atom is 0.217 e. The number of aromatic nitrogens is 2. The largest absolute Gasteiger partial charge is 0.293 e. The van der Waals surface area contributed by atoms with Gasteiger partial charge >= 0.3 is 0 Å². The number of piperidine rings is 1. The van der Waals surface area contributed by atoms with Crippen molar-refractivity contribution in [2.24, 2.45) is 0 Å². The van der Waals surface area contributed by atoms with Crippen molar-refractivity contribution in [3.05, 3.63) is 5.82 Å². The van der Waals surface area contributed by atoms with Gasteiger partial charge in [0.2, 0.25) is 5.13 Å². The van der Waals surface area contributed by atoms with Crippen LogP contribution in [0.3, 0.4) is 0 Å². The van der Waals surface area contributed by atoms with E-state index >= 15 is 0 Å². The minimum atomic E-state index is 0.581. The molecule has 1 fully saturated rings. The molecule has 84 valence electrons. The Morgan fingerprint density at radius 1 is 1.33 bits per heavy atom.